The smallest absolute Gasteiger partial charge is 0.360 e. The predicted octanol–water partition coefficient (Wildman–Crippen LogP) is 3.58. The standard InChI is InChI=1S/C23H23N5O4S/c1-13-18(22(30)31-2)25-20(32-13)14-6-4-7-15(10-14)28-12-16-8-5-9-27(16)19-17(21(28)29)11-24-23(26-19)33-3/h4,6-7,10-11,16H,5,8-9,12H2,1-3H3/t16-/m0/s1. The van der Waals surface area contributed by atoms with Crippen molar-refractivity contribution in [2.75, 3.05) is 36.3 Å². The number of thioether (sulfide) groups is 1. The number of amides is 1. The molecule has 0 aliphatic carbocycles. The van der Waals surface area contributed by atoms with Crippen molar-refractivity contribution in [3.05, 3.63) is 47.5 Å². The van der Waals surface area contributed by atoms with Gasteiger partial charge in [-0.3, -0.25) is 4.79 Å². The van der Waals surface area contributed by atoms with E-state index >= 15 is 0 Å². The first kappa shape index (κ1) is 21.4. The van der Waals surface area contributed by atoms with Crippen LogP contribution in [-0.4, -0.2) is 59.3 Å². The molecule has 0 unspecified atom stereocenters. The Kier molecular flexibility index (Phi) is 5.53. The minimum absolute atomic E-state index is 0.136. The van der Waals surface area contributed by atoms with Gasteiger partial charge in [0.15, 0.2) is 10.9 Å². The lowest BCUT2D eigenvalue weighted by Gasteiger charge is -2.27. The molecule has 4 heterocycles. The Balaban J connectivity index is 1.54. The van der Waals surface area contributed by atoms with Crippen molar-refractivity contribution in [3.8, 4) is 11.5 Å². The first-order valence-corrected chi connectivity index (χ1v) is 11.9. The van der Waals surface area contributed by atoms with E-state index in [0.717, 1.165) is 25.1 Å². The Morgan fingerprint density at radius 1 is 1.30 bits per heavy atom. The van der Waals surface area contributed by atoms with Crippen LogP contribution in [-0.2, 0) is 4.74 Å². The number of esters is 1. The fourth-order valence-corrected chi connectivity index (χ4v) is 4.74. The molecule has 33 heavy (non-hydrogen) atoms. The normalized spacial score (nSPS) is 17.5. The summed E-state index contributed by atoms with van der Waals surface area (Å²) in [6, 6.07) is 7.60. The van der Waals surface area contributed by atoms with Crippen molar-refractivity contribution in [2.45, 2.75) is 31.0 Å². The zero-order valence-corrected chi connectivity index (χ0v) is 19.4. The Bertz CT molecular complexity index is 1240. The van der Waals surface area contributed by atoms with Gasteiger partial charge in [-0.25, -0.2) is 19.7 Å². The SMILES string of the molecule is COC(=O)c1nc(-c2cccc(N3C[C@@H]4CCCN4c4nc(SC)ncc4C3=O)c2)oc1C. The van der Waals surface area contributed by atoms with Gasteiger partial charge in [0.2, 0.25) is 5.89 Å². The van der Waals surface area contributed by atoms with E-state index in [-0.39, 0.29) is 17.6 Å². The fourth-order valence-electron chi connectivity index (χ4n) is 4.40. The number of fused-ring (bicyclic) bond motifs is 3. The van der Waals surface area contributed by atoms with Crippen LogP contribution in [0.2, 0.25) is 0 Å². The van der Waals surface area contributed by atoms with Crippen molar-refractivity contribution in [1.29, 1.82) is 0 Å². The summed E-state index contributed by atoms with van der Waals surface area (Å²) in [4.78, 5) is 42.9. The minimum atomic E-state index is -0.552. The molecule has 170 valence electrons. The number of benzene rings is 1. The highest BCUT2D eigenvalue weighted by Gasteiger charge is 2.37. The molecule has 2 aliphatic heterocycles. The average Bonchev–Trinajstić information content (AvgIpc) is 3.45. The fraction of sp³-hybridized carbons (Fsp3) is 0.348. The second-order valence-electron chi connectivity index (χ2n) is 7.96. The van der Waals surface area contributed by atoms with Gasteiger partial charge >= 0.3 is 5.97 Å². The number of oxazole rings is 1. The summed E-state index contributed by atoms with van der Waals surface area (Å²) in [7, 11) is 1.30. The summed E-state index contributed by atoms with van der Waals surface area (Å²) < 4.78 is 10.5. The second kappa shape index (κ2) is 8.51. The molecule has 0 radical (unpaired) electrons. The third-order valence-corrected chi connectivity index (χ3v) is 6.59. The molecule has 0 N–H and O–H groups in total. The average molecular weight is 466 g/mol. The number of ether oxygens (including phenoxy) is 1. The zero-order chi connectivity index (χ0) is 23.1. The molecular formula is C23H23N5O4S. The van der Waals surface area contributed by atoms with Gasteiger partial charge in [-0.2, -0.15) is 0 Å². The van der Waals surface area contributed by atoms with Crippen LogP contribution >= 0.6 is 11.8 Å². The van der Waals surface area contributed by atoms with Gasteiger partial charge in [0.25, 0.3) is 5.91 Å². The maximum Gasteiger partial charge on any atom is 0.360 e. The number of carbonyl (C=O) groups is 2. The molecule has 2 aromatic heterocycles. The predicted molar refractivity (Wildman–Crippen MR) is 124 cm³/mol. The third kappa shape index (κ3) is 3.74. The van der Waals surface area contributed by atoms with Crippen LogP contribution in [0.4, 0.5) is 11.5 Å². The summed E-state index contributed by atoms with van der Waals surface area (Å²) in [5.41, 5.74) is 2.03. The molecule has 5 rings (SSSR count). The number of aryl methyl sites for hydroxylation is 1. The van der Waals surface area contributed by atoms with E-state index in [0.29, 0.717) is 40.3 Å². The number of anilines is 2. The number of methoxy groups -OCH3 is 1. The van der Waals surface area contributed by atoms with Gasteiger partial charge < -0.3 is 19.0 Å². The molecule has 1 atom stereocenters. The van der Waals surface area contributed by atoms with Crippen LogP contribution in [0.25, 0.3) is 11.5 Å². The number of carbonyl (C=O) groups excluding carboxylic acids is 2. The lowest BCUT2D eigenvalue weighted by molar-refractivity contribution is 0.0592. The van der Waals surface area contributed by atoms with Gasteiger partial charge in [-0.1, -0.05) is 17.8 Å². The maximum absolute atomic E-state index is 13.6. The molecule has 0 spiro atoms. The molecule has 3 aromatic rings. The van der Waals surface area contributed by atoms with Gasteiger partial charge in [0, 0.05) is 36.6 Å². The number of hydrogen-bond acceptors (Lipinski definition) is 9. The van der Waals surface area contributed by atoms with E-state index in [4.69, 9.17) is 9.15 Å². The Morgan fingerprint density at radius 3 is 2.94 bits per heavy atom. The summed E-state index contributed by atoms with van der Waals surface area (Å²) in [5.74, 6) is 0.705. The molecule has 1 amide bonds. The summed E-state index contributed by atoms with van der Waals surface area (Å²) >= 11 is 1.46. The second-order valence-corrected chi connectivity index (χ2v) is 8.74. The third-order valence-electron chi connectivity index (χ3n) is 6.03. The number of rotatable bonds is 4. The molecule has 9 nitrogen and oxygen atoms in total. The molecule has 1 saturated heterocycles. The van der Waals surface area contributed by atoms with Crippen LogP contribution in [0.5, 0.6) is 0 Å². The van der Waals surface area contributed by atoms with Gasteiger partial charge in [0.05, 0.1) is 7.11 Å². The molecule has 1 fully saturated rings. The number of hydrogen-bond donors (Lipinski definition) is 0. The summed E-state index contributed by atoms with van der Waals surface area (Å²) in [6.45, 7) is 3.08. The number of aromatic nitrogens is 3. The number of nitrogens with zero attached hydrogens (tertiary/aromatic N) is 5. The van der Waals surface area contributed by atoms with Gasteiger partial charge in [0.1, 0.15) is 17.1 Å². The van der Waals surface area contributed by atoms with E-state index < -0.39 is 5.97 Å². The molecule has 0 bridgehead atoms. The van der Waals surface area contributed by atoms with E-state index in [9.17, 15) is 9.59 Å². The van der Waals surface area contributed by atoms with E-state index in [1.165, 1.54) is 18.9 Å². The van der Waals surface area contributed by atoms with Crippen LogP contribution in [0, 0.1) is 6.92 Å². The highest BCUT2D eigenvalue weighted by molar-refractivity contribution is 7.98. The van der Waals surface area contributed by atoms with Crippen molar-refractivity contribution in [1.82, 2.24) is 15.0 Å². The first-order chi connectivity index (χ1) is 16.0. The molecule has 1 aromatic carbocycles. The maximum atomic E-state index is 13.6. The Hall–Kier alpha value is -3.40. The first-order valence-electron chi connectivity index (χ1n) is 10.7. The quantitative estimate of drug-likeness (QED) is 0.325. The molecule has 2 aliphatic rings. The lowest BCUT2D eigenvalue weighted by Crippen LogP contribution is -2.39. The van der Waals surface area contributed by atoms with E-state index in [1.54, 1.807) is 18.0 Å². The van der Waals surface area contributed by atoms with Crippen molar-refractivity contribution < 1.29 is 18.7 Å². The zero-order valence-electron chi connectivity index (χ0n) is 18.6. The minimum Gasteiger partial charge on any atom is -0.464 e. The van der Waals surface area contributed by atoms with Crippen molar-refractivity contribution in [2.24, 2.45) is 0 Å². The highest BCUT2D eigenvalue weighted by Crippen LogP contribution is 2.35. The van der Waals surface area contributed by atoms with Crippen LogP contribution < -0.4 is 9.80 Å². The monoisotopic (exact) mass is 465 g/mol. The summed E-state index contributed by atoms with van der Waals surface area (Å²) in [6.07, 6.45) is 5.60. The topological polar surface area (TPSA) is 102 Å². The Labute approximate surface area is 195 Å². The van der Waals surface area contributed by atoms with Crippen LogP contribution in [0.1, 0.15) is 39.4 Å². The van der Waals surface area contributed by atoms with Crippen LogP contribution in [0.3, 0.4) is 0 Å². The Morgan fingerprint density at radius 2 is 2.15 bits per heavy atom. The summed E-state index contributed by atoms with van der Waals surface area (Å²) in [5, 5.41) is 0.656. The molecular weight excluding hydrogens is 442 g/mol. The molecule has 0 saturated carbocycles. The van der Waals surface area contributed by atoms with Crippen molar-refractivity contribution >= 4 is 35.1 Å². The lowest BCUT2D eigenvalue weighted by atomic mass is 10.1. The molecule has 10 heteroatoms. The van der Waals surface area contributed by atoms with E-state index in [2.05, 4.69) is 19.9 Å². The van der Waals surface area contributed by atoms with Gasteiger partial charge in [-0.05, 0) is 44.2 Å². The van der Waals surface area contributed by atoms with Gasteiger partial charge in [-0.15, -0.1) is 0 Å². The van der Waals surface area contributed by atoms with E-state index in [1.807, 2.05) is 30.5 Å². The van der Waals surface area contributed by atoms with Crippen LogP contribution in [0.15, 0.2) is 40.0 Å². The van der Waals surface area contributed by atoms with Crippen molar-refractivity contribution in [3.63, 3.8) is 0 Å². The largest absolute Gasteiger partial charge is 0.464 e. The highest BCUT2D eigenvalue weighted by atomic mass is 32.2.